The van der Waals surface area contributed by atoms with Gasteiger partial charge in [0.25, 0.3) is 0 Å². The molecule has 2 aliphatic rings. The van der Waals surface area contributed by atoms with Crippen LogP contribution in [0.5, 0.6) is 0 Å². The van der Waals surface area contributed by atoms with E-state index >= 15 is 0 Å². The summed E-state index contributed by atoms with van der Waals surface area (Å²) in [6.45, 7) is 4.98. The molecular formula is C11H20N2O. The van der Waals surface area contributed by atoms with Gasteiger partial charge in [-0.05, 0) is 25.2 Å². The Balaban J connectivity index is 2.01. The van der Waals surface area contributed by atoms with E-state index in [2.05, 4.69) is 24.1 Å². The summed E-state index contributed by atoms with van der Waals surface area (Å²) >= 11 is 0. The van der Waals surface area contributed by atoms with Crippen LogP contribution in [0.15, 0.2) is 0 Å². The molecule has 2 fully saturated rings. The highest BCUT2D eigenvalue weighted by Gasteiger charge is 2.41. The third-order valence-corrected chi connectivity index (χ3v) is 3.61. The summed E-state index contributed by atoms with van der Waals surface area (Å²) in [5.41, 5.74) is 0. The lowest BCUT2D eigenvalue weighted by Crippen LogP contribution is -2.51. The normalized spacial score (nSPS) is 37.4. The van der Waals surface area contributed by atoms with Crippen molar-refractivity contribution in [2.45, 2.75) is 51.7 Å². The van der Waals surface area contributed by atoms with Gasteiger partial charge in [-0.1, -0.05) is 20.3 Å². The zero-order valence-corrected chi connectivity index (χ0v) is 9.12. The molecule has 1 heterocycles. The molecule has 0 bridgehead atoms. The van der Waals surface area contributed by atoms with E-state index in [1.54, 1.807) is 0 Å². The van der Waals surface area contributed by atoms with E-state index in [9.17, 15) is 4.79 Å². The average Bonchev–Trinajstić information content (AvgIpc) is 2.49. The Bertz CT molecular complexity index is 229. The fourth-order valence-electron chi connectivity index (χ4n) is 2.56. The van der Waals surface area contributed by atoms with Crippen molar-refractivity contribution >= 4 is 5.91 Å². The first-order valence-electron chi connectivity index (χ1n) is 5.78. The summed E-state index contributed by atoms with van der Waals surface area (Å²) in [6.07, 6.45) is 5.04. The van der Waals surface area contributed by atoms with Gasteiger partial charge in [-0.25, -0.2) is 0 Å². The van der Waals surface area contributed by atoms with Gasteiger partial charge in [0.1, 0.15) is 0 Å². The topological polar surface area (TPSA) is 32.3 Å². The molecule has 14 heavy (non-hydrogen) atoms. The van der Waals surface area contributed by atoms with E-state index in [0.717, 1.165) is 12.8 Å². The largest absolute Gasteiger partial charge is 0.323 e. The van der Waals surface area contributed by atoms with Crippen LogP contribution in [0.2, 0.25) is 0 Å². The second-order valence-corrected chi connectivity index (χ2v) is 4.61. The molecule has 0 radical (unpaired) electrons. The quantitative estimate of drug-likeness (QED) is 0.739. The molecule has 1 saturated carbocycles. The summed E-state index contributed by atoms with van der Waals surface area (Å²) in [5.74, 6) is 1.01. The van der Waals surface area contributed by atoms with Crippen molar-refractivity contribution in [3.8, 4) is 0 Å². The summed E-state index contributed by atoms with van der Waals surface area (Å²) in [5, 5.41) is 3.30. The molecule has 3 unspecified atom stereocenters. The van der Waals surface area contributed by atoms with Crippen LogP contribution in [0.4, 0.5) is 0 Å². The maximum atomic E-state index is 11.7. The number of nitrogens with one attached hydrogen (secondary N) is 1. The SMILES string of the molecule is CCCC1NCC(=O)N1C1CCC1C. The van der Waals surface area contributed by atoms with Crippen LogP contribution in [-0.2, 0) is 4.79 Å². The lowest BCUT2D eigenvalue weighted by atomic mass is 9.80. The summed E-state index contributed by atoms with van der Waals surface area (Å²) < 4.78 is 0. The highest BCUT2D eigenvalue weighted by molar-refractivity contribution is 5.81. The third kappa shape index (κ3) is 1.54. The van der Waals surface area contributed by atoms with Gasteiger partial charge in [0.05, 0.1) is 12.7 Å². The molecule has 1 amide bonds. The van der Waals surface area contributed by atoms with Crippen molar-refractivity contribution in [3.63, 3.8) is 0 Å². The first kappa shape index (κ1) is 9.97. The molecule has 1 saturated heterocycles. The maximum Gasteiger partial charge on any atom is 0.238 e. The molecule has 2 rings (SSSR count). The smallest absolute Gasteiger partial charge is 0.238 e. The van der Waals surface area contributed by atoms with Gasteiger partial charge >= 0.3 is 0 Å². The van der Waals surface area contributed by atoms with E-state index < -0.39 is 0 Å². The number of amides is 1. The van der Waals surface area contributed by atoms with E-state index in [4.69, 9.17) is 0 Å². The molecule has 3 heteroatoms. The molecule has 80 valence electrons. The van der Waals surface area contributed by atoms with Gasteiger partial charge in [0.15, 0.2) is 0 Å². The van der Waals surface area contributed by atoms with Gasteiger partial charge in [-0.3, -0.25) is 10.1 Å². The number of rotatable bonds is 3. The Hall–Kier alpha value is -0.570. The summed E-state index contributed by atoms with van der Waals surface area (Å²) in [7, 11) is 0. The predicted octanol–water partition coefficient (Wildman–Crippen LogP) is 1.34. The van der Waals surface area contributed by atoms with Gasteiger partial charge in [-0.2, -0.15) is 0 Å². The third-order valence-electron chi connectivity index (χ3n) is 3.61. The first-order chi connectivity index (χ1) is 6.74. The van der Waals surface area contributed by atoms with Crippen LogP contribution < -0.4 is 5.32 Å². The summed E-state index contributed by atoms with van der Waals surface area (Å²) in [4.78, 5) is 13.8. The van der Waals surface area contributed by atoms with E-state index in [0.29, 0.717) is 30.6 Å². The fourth-order valence-corrected chi connectivity index (χ4v) is 2.56. The van der Waals surface area contributed by atoms with Crippen molar-refractivity contribution < 1.29 is 4.79 Å². The Kier molecular flexibility index (Phi) is 2.77. The van der Waals surface area contributed by atoms with Crippen molar-refractivity contribution in [1.82, 2.24) is 10.2 Å². The van der Waals surface area contributed by atoms with Crippen molar-refractivity contribution in [1.29, 1.82) is 0 Å². The highest BCUT2D eigenvalue weighted by Crippen LogP contribution is 2.34. The number of hydrogen-bond donors (Lipinski definition) is 1. The van der Waals surface area contributed by atoms with Crippen LogP contribution in [0.25, 0.3) is 0 Å². The molecule has 1 aliphatic heterocycles. The van der Waals surface area contributed by atoms with Gasteiger partial charge < -0.3 is 4.90 Å². The zero-order valence-electron chi connectivity index (χ0n) is 9.12. The second kappa shape index (κ2) is 3.89. The van der Waals surface area contributed by atoms with Crippen LogP contribution >= 0.6 is 0 Å². The Labute approximate surface area is 85.8 Å². The van der Waals surface area contributed by atoms with Crippen LogP contribution in [0.1, 0.15) is 39.5 Å². The molecule has 3 atom stereocenters. The number of hydrogen-bond acceptors (Lipinski definition) is 2. The predicted molar refractivity (Wildman–Crippen MR) is 55.7 cm³/mol. The summed E-state index contributed by atoms with van der Waals surface area (Å²) in [6, 6.07) is 0.522. The Morgan fingerprint density at radius 1 is 1.50 bits per heavy atom. The van der Waals surface area contributed by atoms with E-state index in [1.165, 1.54) is 12.8 Å². The van der Waals surface area contributed by atoms with Crippen molar-refractivity contribution in [2.75, 3.05) is 6.54 Å². The van der Waals surface area contributed by atoms with Crippen molar-refractivity contribution in [2.24, 2.45) is 5.92 Å². The van der Waals surface area contributed by atoms with Gasteiger partial charge in [-0.15, -0.1) is 0 Å². The number of nitrogens with zero attached hydrogens (tertiary/aromatic N) is 1. The minimum absolute atomic E-state index is 0.306. The standard InChI is InChI=1S/C11H20N2O/c1-3-4-10-12-7-11(14)13(10)9-6-5-8(9)2/h8-10,12H,3-7H2,1-2H3. The van der Waals surface area contributed by atoms with Crippen LogP contribution in [-0.4, -0.2) is 29.6 Å². The average molecular weight is 196 g/mol. The molecular weight excluding hydrogens is 176 g/mol. The minimum atomic E-state index is 0.306. The van der Waals surface area contributed by atoms with Gasteiger partial charge in [0.2, 0.25) is 5.91 Å². The zero-order chi connectivity index (χ0) is 10.1. The molecule has 3 nitrogen and oxygen atoms in total. The Morgan fingerprint density at radius 3 is 2.79 bits per heavy atom. The van der Waals surface area contributed by atoms with E-state index in [1.807, 2.05) is 0 Å². The van der Waals surface area contributed by atoms with Crippen molar-refractivity contribution in [3.05, 3.63) is 0 Å². The number of carbonyl (C=O) groups is 1. The lowest BCUT2D eigenvalue weighted by Gasteiger charge is -2.43. The molecule has 0 spiro atoms. The Morgan fingerprint density at radius 2 is 2.29 bits per heavy atom. The highest BCUT2D eigenvalue weighted by atomic mass is 16.2. The molecule has 0 aromatic rings. The molecule has 1 aliphatic carbocycles. The fraction of sp³-hybridized carbons (Fsp3) is 0.909. The number of carbonyl (C=O) groups excluding carboxylic acids is 1. The van der Waals surface area contributed by atoms with Crippen LogP contribution in [0.3, 0.4) is 0 Å². The molecule has 0 aromatic heterocycles. The molecule has 1 N–H and O–H groups in total. The van der Waals surface area contributed by atoms with Gasteiger partial charge in [0, 0.05) is 6.04 Å². The lowest BCUT2D eigenvalue weighted by molar-refractivity contribution is -0.134. The monoisotopic (exact) mass is 196 g/mol. The second-order valence-electron chi connectivity index (χ2n) is 4.61. The maximum absolute atomic E-state index is 11.7. The first-order valence-corrected chi connectivity index (χ1v) is 5.78. The van der Waals surface area contributed by atoms with Crippen LogP contribution in [0, 0.1) is 5.92 Å². The molecule has 0 aromatic carbocycles. The van der Waals surface area contributed by atoms with E-state index in [-0.39, 0.29) is 0 Å². The minimum Gasteiger partial charge on any atom is -0.323 e.